The summed E-state index contributed by atoms with van der Waals surface area (Å²) in [5, 5.41) is 12.6. The van der Waals surface area contributed by atoms with Gasteiger partial charge in [0.05, 0.1) is 19.2 Å². The van der Waals surface area contributed by atoms with Gasteiger partial charge in [-0.3, -0.25) is 9.69 Å². The molecule has 0 saturated heterocycles. The summed E-state index contributed by atoms with van der Waals surface area (Å²) in [5.74, 6) is 2.06. The molecule has 0 aliphatic heterocycles. The molecule has 3 rings (SSSR count). The van der Waals surface area contributed by atoms with Crippen molar-refractivity contribution >= 4 is 11.8 Å². The van der Waals surface area contributed by atoms with Gasteiger partial charge in [-0.2, -0.15) is 4.98 Å². The first-order valence-corrected chi connectivity index (χ1v) is 8.58. The molecule has 1 aromatic heterocycles. The second kappa shape index (κ2) is 6.93. The smallest absolute Gasteiger partial charge is 0.317 e. The van der Waals surface area contributed by atoms with Crippen LogP contribution in [0.3, 0.4) is 0 Å². The van der Waals surface area contributed by atoms with E-state index in [0.29, 0.717) is 29.7 Å². The van der Waals surface area contributed by atoms with Crippen LogP contribution in [0.25, 0.3) is 0 Å². The number of aromatic nitrogens is 2. The van der Waals surface area contributed by atoms with E-state index in [2.05, 4.69) is 20.2 Å². The molecular weight excluding hydrogens is 308 g/mol. The van der Waals surface area contributed by atoms with Crippen LogP contribution >= 0.6 is 0 Å². The fourth-order valence-corrected chi connectivity index (χ4v) is 3.29. The Balaban J connectivity index is 1.58. The fraction of sp³-hybridized carbons (Fsp3) is 0.706. The number of methoxy groups -OCH3 is 1. The van der Waals surface area contributed by atoms with E-state index < -0.39 is 5.97 Å². The minimum Gasteiger partial charge on any atom is -0.481 e. The number of carboxylic acids is 1. The molecular formula is C17H26N4O3. The summed E-state index contributed by atoms with van der Waals surface area (Å²) in [4.78, 5) is 22.0. The van der Waals surface area contributed by atoms with Crippen LogP contribution < -0.4 is 10.1 Å². The molecule has 2 saturated carbocycles. The monoisotopic (exact) mass is 334 g/mol. The van der Waals surface area contributed by atoms with Crippen LogP contribution in [0.5, 0.6) is 5.88 Å². The molecule has 7 nitrogen and oxygen atoms in total. The molecule has 0 radical (unpaired) electrons. The normalized spacial score (nSPS) is 23.0. The first-order valence-electron chi connectivity index (χ1n) is 8.58. The van der Waals surface area contributed by atoms with E-state index in [4.69, 9.17) is 9.84 Å². The van der Waals surface area contributed by atoms with E-state index in [1.54, 1.807) is 7.11 Å². The van der Waals surface area contributed by atoms with Gasteiger partial charge in [0, 0.05) is 18.6 Å². The highest BCUT2D eigenvalue weighted by Crippen LogP contribution is 2.35. The Morgan fingerprint density at radius 2 is 2.04 bits per heavy atom. The van der Waals surface area contributed by atoms with Gasteiger partial charge in [-0.1, -0.05) is 0 Å². The molecule has 7 heteroatoms. The highest BCUT2D eigenvalue weighted by atomic mass is 16.5. The van der Waals surface area contributed by atoms with Crippen molar-refractivity contribution in [2.75, 3.05) is 25.5 Å². The van der Waals surface area contributed by atoms with Gasteiger partial charge in [-0.15, -0.1) is 0 Å². The summed E-state index contributed by atoms with van der Waals surface area (Å²) in [6.45, 7) is 4.86. The van der Waals surface area contributed by atoms with Crippen LogP contribution in [0.1, 0.15) is 37.1 Å². The predicted octanol–water partition coefficient (Wildman–Crippen LogP) is 1.84. The van der Waals surface area contributed by atoms with E-state index in [1.165, 1.54) is 12.8 Å². The number of hydrogen-bond acceptors (Lipinski definition) is 6. The molecule has 2 aliphatic rings. The maximum Gasteiger partial charge on any atom is 0.317 e. The molecule has 24 heavy (non-hydrogen) atoms. The van der Waals surface area contributed by atoms with Crippen LogP contribution in [-0.4, -0.2) is 58.2 Å². The summed E-state index contributed by atoms with van der Waals surface area (Å²) in [7, 11) is 1.61. The van der Waals surface area contributed by atoms with Crippen molar-refractivity contribution in [3.8, 4) is 5.88 Å². The lowest BCUT2D eigenvalue weighted by molar-refractivity contribution is -0.139. The van der Waals surface area contributed by atoms with Crippen LogP contribution in [0, 0.1) is 19.8 Å². The maximum atomic E-state index is 11.1. The minimum atomic E-state index is -0.737. The van der Waals surface area contributed by atoms with Crippen LogP contribution in [0.15, 0.2) is 0 Å². The summed E-state index contributed by atoms with van der Waals surface area (Å²) >= 11 is 0. The lowest BCUT2D eigenvalue weighted by Gasteiger charge is -2.43. The van der Waals surface area contributed by atoms with Gasteiger partial charge in [-0.05, 0) is 45.4 Å². The average Bonchev–Trinajstić information content (AvgIpc) is 3.28. The summed E-state index contributed by atoms with van der Waals surface area (Å²) in [6, 6.07) is 0.674. The number of aryl methyl sites for hydroxylation is 1. The zero-order valence-corrected chi connectivity index (χ0v) is 14.6. The molecule has 2 N–H and O–H groups in total. The average molecular weight is 334 g/mol. The van der Waals surface area contributed by atoms with Crippen LogP contribution in [0.2, 0.25) is 0 Å². The number of rotatable bonds is 8. The van der Waals surface area contributed by atoms with E-state index >= 15 is 0 Å². The molecule has 0 unspecified atom stereocenters. The minimum absolute atomic E-state index is 0.146. The van der Waals surface area contributed by atoms with Crippen molar-refractivity contribution in [3.05, 3.63) is 11.4 Å². The zero-order chi connectivity index (χ0) is 17.3. The molecule has 0 amide bonds. The van der Waals surface area contributed by atoms with E-state index in [1.807, 2.05) is 13.8 Å². The Kier molecular flexibility index (Phi) is 4.89. The molecule has 2 aliphatic carbocycles. The number of carboxylic acid groups (broad SMARTS) is 1. The number of anilines is 1. The Hall–Kier alpha value is -1.89. The van der Waals surface area contributed by atoms with Gasteiger partial charge >= 0.3 is 5.97 Å². The summed E-state index contributed by atoms with van der Waals surface area (Å²) in [6.07, 6.45) is 4.38. The topological polar surface area (TPSA) is 87.6 Å². The first kappa shape index (κ1) is 17.0. The Morgan fingerprint density at radius 1 is 1.33 bits per heavy atom. The molecule has 0 atom stereocenters. The van der Waals surface area contributed by atoms with Crippen molar-refractivity contribution in [2.24, 2.45) is 5.92 Å². The van der Waals surface area contributed by atoms with Gasteiger partial charge in [0.15, 0.2) is 0 Å². The van der Waals surface area contributed by atoms with Crippen molar-refractivity contribution < 1.29 is 14.6 Å². The number of aliphatic carboxylic acids is 1. The largest absolute Gasteiger partial charge is 0.481 e. The van der Waals surface area contributed by atoms with E-state index in [0.717, 1.165) is 30.8 Å². The predicted molar refractivity (Wildman–Crippen MR) is 90.4 cm³/mol. The Bertz CT molecular complexity index is 612. The van der Waals surface area contributed by atoms with Gasteiger partial charge in [0.1, 0.15) is 11.6 Å². The van der Waals surface area contributed by atoms with E-state index in [-0.39, 0.29) is 6.54 Å². The molecule has 0 spiro atoms. The third kappa shape index (κ3) is 3.95. The molecule has 132 valence electrons. The lowest BCUT2D eigenvalue weighted by Crippen LogP contribution is -2.52. The molecule has 0 bridgehead atoms. The maximum absolute atomic E-state index is 11.1. The number of hydrogen-bond donors (Lipinski definition) is 2. The van der Waals surface area contributed by atoms with Gasteiger partial charge in [0.25, 0.3) is 0 Å². The first-order chi connectivity index (χ1) is 11.5. The third-order valence-corrected chi connectivity index (χ3v) is 4.90. The Morgan fingerprint density at radius 3 is 2.62 bits per heavy atom. The summed E-state index contributed by atoms with van der Waals surface area (Å²) in [5.41, 5.74) is 0.909. The number of nitrogens with one attached hydrogen (secondary N) is 1. The quantitative estimate of drug-likeness (QED) is 0.750. The van der Waals surface area contributed by atoms with Gasteiger partial charge in [0.2, 0.25) is 5.88 Å². The van der Waals surface area contributed by atoms with Gasteiger partial charge < -0.3 is 15.2 Å². The van der Waals surface area contributed by atoms with E-state index in [9.17, 15) is 4.79 Å². The SMILES string of the molecule is COc1nc(C)nc(NC2CC(N(CC(=O)O)CC3CC3)C2)c1C. The summed E-state index contributed by atoms with van der Waals surface area (Å²) < 4.78 is 5.29. The fourth-order valence-electron chi connectivity index (χ4n) is 3.29. The number of ether oxygens (including phenoxy) is 1. The number of carbonyl (C=O) groups is 1. The second-order valence-corrected chi connectivity index (χ2v) is 6.99. The molecule has 0 aromatic carbocycles. The highest BCUT2D eigenvalue weighted by molar-refractivity contribution is 5.69. The second-order valence-electron chi connectivity index (χ2n) is 6.99. The zero-order valence-electron chi connectivity index (χ0n) is 14.6. The van der Waals surface area contributed by atoms with Crippen molar-refractivity contribution in [1.82, 2.24) is 14.9 Å². The highest BCUT2D eigenvalue weighted by Gasteiger charge is 2.37. The van der Waals surface area contributed by atoms with Crippen molar-refractivity contribution in [1.29, 1.82) is 0 Å². The van der Waals surface area contributed by atoms with Crippen LogP contribution in [-0.2, 0) is 4.79 Å². The third-order valence-electron chi connectivity index (χ3n) is 4.90. The van der Waals surface area contributed by atoms with Gasteiger partial charge in [-0.25, -0.2) is 4.98 Å². The van der Waals surface area contributed by atoms with Crippen LogP contribution in [0.4, 0.5) is 5.82 Å². The number of nitrogens with zero attached hydrogens (tertiary/aromatic N) is 3. The van der Waals surface area contributed by atoms with Crippen molar-refractivity contribution in [2.45, 2.75) is 51.6 Å². The standard InChI is InChI=1S/C17H26N4O3/c1-10-16(18-11(2)19-17(10)24-3)20-13-6-14(7-13)21(9-15(22)23)8-12-4-5-12/h12-14H,4-9H2,1-3H3,(H,22,23)(H,18,19,20). The molecule has 2 fully saturated rings. The van der Waals surface area contributed by atoms with Crippen molar-refractivity contribution in [3.63, 3.8) is 0 Å². The molecule has 1 heterocycles. The lowest BCUT2D eigenvalue weighted by atomic mass is 9.85. The Labute approximate surface area is 142 Å². The molecule has 1 aromatic rings.